The molecular weight excluding hydrogens is 332 g/mol. The summed E-state index contributed by atoms with van der Waals surface area (Å²) in [6.07, 6.45) is 0. The third kappa shape index (κ3) is 4.31. The van der Waals surface area contributed by atoms with E-state index in [1.165, 1.54) is 11.3 Å². The van der Waals surface area contributed by atoms with Crippen LogP contribution in [0.25, 0.3) is 0 Å². The van der Waals surface area contributed by atoms with Crippen LogP contribution in [0.1, 0.15) is 16.1 Å². The minimum atomic E-state index is -0.196. The van der Waals surface area contributed by atoms with Crippen LogP contribution in [0.4, 0.5) is 5.69 Å². The number of nitrogens with one attached hydrogen (secondary N) is 1. The molecule has 0 aliphatic carbocycles. The lowest BCUT2D eigenvalue weighted by molar-refractivity contribution is 0.102. The fourth-order valence-electron chi connectivity index (χ4n) is 1.94. The number of aromatic nitrogens is 1. The largest absolute Gasteiger partial charge is 0.487 e. The molecule has 0 radical (unpaired) electrons. The average Bonchev–Trinajstić information content (AvgIpc) is 3.07. The van der Waals surface area contributed by atoms with Gasteiger partial charge >= 0.3 is 0 Å². The summed E-state index contributed by atoms with van der Waals surface area (Å²) in [5.41, 5.74) is 3.86. The molecule has 6 heteroatoms. The Morgan fingerprint density at radius 3 is 2.74 bits per heavy atom. The summed E-state index contributed by atoms with van der Waals surface area (Å²) in [6.45, 7) is 0.414. The SMILES string of the molecule is O=C(Nc1cccc(Cl)c1)c1ccc(OCc2cscn2)cc1. The number of thiazole rings is 1. The Morgan fingerprint density at radius 2 is 2.04 bits per heavy atom. The highest BCUT2D eigenvalue weighted by atomic mass is 35.5. The fourth-order valence-corrected chi connectivity index (χ4v) is 2.67. The van der Waals surface area contributed by atoms with E-state index in [2.05, 4.69) is 10.3 Å². The highest BCUT2D eigenvalue weighted by Crippen LogP contribution is 2.18. The molecule has 0 saturated heterocycles. The Hall–Kier alpha value is -2.37. The number of carbonyl (C=O) groups is 1. The van der Waals surface area contributed by atoms with Gasteiger partial charge in [-0.05, 0) is 42.5 Å². The Balaban J connectivity index is 1.61. The Morgan fingerprint density at radius 1 is 1.22 bits per heavy atom. The van der Waals surface area contributed by atoms with Crippen molar-refractivity contribution < 1.29 is 9.53 Å². The number of rotatable bonds is 5. The van der Waals surface area contributed by atoms with Crippen molar-refractivity contribution in [3.05, 3.63) is 75.7 Å². The van der Waals surface area contributed by atoms with Crippen LogP contribution in [-0.2, 0) is 6.61 Å². The first kappa shape index (κ1) is 15.5. The molecule has 1 amide bonds. The standard InChI is InChI=1S/C17H13ClN2O2S/c18-13-2-1-3-14(8-13)20-17(21)12-4-6-16(7-5-12)22-9-15-10-23-11-19-15/h1-8,10-11H,9H2,(H,20,21). The van der Waals surface area contributed by atoms with Gasteiger partial charge in [0.15, 0.2) is 0 Å². The van der Waals surface area contributed by atoms with Crippen molar-refractivity contribution in [1.82, 2.24) is 4.98 Å². The van der Waals surface area contributed by atoms with Crippen molar-refractivity contribution in [2.75, 3.05) is 5.32 Å². The number of anilines is 1. The number of hydrogen-bond acceptors (Lipinski definition) is 4. The number of hydrogen-bond donors (Lipinski definition) is 1. The summed E-state index contributed by atoms with van der Waals surface area (Å²) in [6, 6.07) is 14.0. The first-order chi connectivity index (χ1) is 11.2. The predicted octanol–water partition coefficient (Wildman–Crippen LogP) is 4.63. The van der Waals surface area contributed by atoms with Crippen molar-refractivity contribution in [3.63, 3.8) is 0 Å². The lowest BCUT2D eigenvalue weighted by Crippen LogP contribution is -2.11. The van der Waals surface area contributed by atoms with Gasteiger partial charge in [0.1, 0.15) is 12.4 Å². The molecule has 1 aromatic heterocycles. The van der Waals surface area contributed by atoms with Gasteiger partial charge in [0.05, 0.1) is 11.2 Å². The van der Waals surface area contributed by atoms with E-state index in [1.807, 2.05) is 5.38 Å². The van der Waals surface area contributed by atoms with Crippen molar-refractivity contribution in [2.45, 2.75) is 6.61 Å². The summed E-state index contributed by atoms with van der Waals surface area (Å²) >= 11 is 7.43. The van der Waals surface area contributed by atoms with Crippen LogP contribution < -0.4 is 10.1 Å². The van der Waals surface area contributed by atoms with Crippen LogP contribution in [0.3, 0.4) is 0 Å². The van der Waals surface area contributed by atoms with E-state index < -0.39 is 0 Å². The quantitative estimate of drug-likeness (QED) is 0.734. The summed E-state index contributed by atoms with van der Waals surface area (Å²) in [7, 11) is 0. The van der Waals surface area contributed by atoms with Gasteiger partial charge < -0.3 is 10.1 Å². The van der Waals surface area contributed by atoms with Crippen LogP contribution in [-0.4, -0.2) is 10.9 Å². The molecule has 0 saturated carbocycles. The second kappa shape index (κ2) is 7.26. The molecule has 1 heterocycles. The third-order valence-electron chi connectivity index (χ3n) is 3.07. The van der Waals surface area contributed by atoms with Gasteiger partial charge in [0.2, 0.25) is 0 Å². The minimum absolute atomic E-state index is 0.196. The van der Waals surface area contributed by atoms with Crippen LogP contribution >= 0.6 is 22.9 Å². The lowest BCUT2D eigenvalue weighted by atomic mass is 10.2. The van der Waals surface area contributed by atoms with E-state index in [1.54, 1.807) is 54.0 Å². The zero-order valence-electron chi connectivity index (χ0n) is 12.0. The number of halogens is 1. The number of nitrogens with zero attached hydrogens (tertiary/aromatic N) is 1. The Bertz CT molecular complexity index is 789. The predicted molar refractivity (Wildman–Crippen MR) is 92.3 cm³/mol. The van der Waals surface area contributed by atoms with E-state index in [4.69, 9.17) is 16.3 Å². The van der Waals surface area contributed by atoms with E-state index in [9.17, 15) is 4.79 Å². The molecule has 0 aliphatic rings. The number of ether oxygens (including phenoxy) is 1. The maximum absolute atomic E-state index is 12.2. The molecule has 1 N–H and O–H groups in total. The molecular formula is C17H13ClN2O2S. The van der Waals surface area contributed by atoms with E-state index >= 15 is 0 Å². The maximum atomic E-state index is 12.2. The second-order valence-corrected chi connectivity index (χ2v) is 5.91. The zero-order valence-corrected chi connectivity index (χ0v) is 13.6. The fraction of sp³-hybridized carbons (Fsp3) is 0.0588. The van der Waals surface area contributed by atoms with Gasteiger partial charge in [0, 0.05) is 21.7 Å². The molecule has 116 valence electrons. The highest BCUT2D eigenvalue weighted by Gasteiger charge is 2.07. The van der Waals surface area contributed by atoms with Crippen molar-refractivity contribution in [1.29, 1.82) is 0 Å². The molecule has 0 aliphatic heterocycles. The monoisotopic (exact) mass is 344 g/mol. The Labute approximate surface area is 142 Å². The summed E-state index contributed by atoms with van der Waals surface area (Å²) in [4.78, 5) is 16.3. The molecule has 23 heavy (non-hydrogen) atoms. The first-order valence-electron chi connectivity index (χ1n) is 6.87. The van der Waals surface area contributed by atoms with Gasteiger partial charge in [-0.2, -0.15) is 0 Å². The molecule has 0 unspecified atom stereocenters. The number of amides is 1. The van der Waals surface area contributed by atoms with Gasteiger partial charge in [-0.1, -0.05) is 17.7 Å². The van der Waals surface area contributed by atoms with E-state index in [0.29, 0.717) is 28.6 Å². The maximum Gasteiger partial charge on any atom is 0.255 e. The van der Waals surface area contributed by atoms with Gasteiger partial charge in [-0.3, -0.25) is 4.79 Å². The molecule has 0 atom stereocenters. The molecule has 3 aromatic rings. The zero-order chi connectivity index (χ0) is 16.1. The summed E-state index contributed by atoms with van der Waals surface area (Å²) in [5, 5.41) is 5.31. The van der Waals surface area contributed by atoms with E-state index in [0.717, 1.165) is 5.69 Å². The topological polar surface area (TPSA) is 51.2 Å². The first-order valence-corrected chi connectivity index (χ1v) is 8.19. The van der Waals surface area contributed by atoms with Gasteiger partial charge in [-0.25, -0.2) is 4.98 Å². The van der Waals surface area contributed by atoms with E-state index in [-0.39, 0.29) is 5.91 Å². The van der Waals surface area contributed by atoms with Crippen LogP contribution in [0.2, 0.25) is 5.02 Å². The van der Waals surface area contributed by atoms with Crippen molar-refractivity contribution in [3.8, 4) is 5.75 Å². The number of benzene rings is 2. The normalized spacial score (nSPS) is 10.3. The third-order valence-corrected chi connectivity index (χ3v) is 3.94. The number of carbonyl (C=O) groups excluding carboxylic acids is 1. The van der Waals surface area contributed by atoms with Crippen LogP contribution in [0, 0.1) is 0 Å². The molecule has 0 bridgehead atoms. The van der Waals surface area contributed by atoms with Crippen LogP contribution in [0.15, 0.2) is 59.4 Å². The van der Waals surface area contributed by atoms with Crippen LogP contribution in [0.5, 0.6) is 5.75 Å². The van der Waals surface area contributed by atoms with Crippen molar-refractivity contribution >= 4 is 34.5 Å². The average molecular weight is 345 g/mol. The highest BCUT2D eigenvalue weighted by molar-refractivity contribution is 7.07. The smallest absolute Gasteiger partial charge is 0.255 e. The molecule has 0 fully saturated rings. The molecule has 3 rings (SSSR count). The summed E-state index contributed by atoms with van der Waals surface area (Å²) in [5.74, 6) is 0.496. The van der Waals surface area contributed by atoms with Gasteiger partial charge in [-0.15, -0.1) is 11.3 Å². The summed E-state index contributed by atoms with van der Waals surface area (Å²) < 4.78 is 5.61. The molecule has 0 spiro atoms. The van der Waals surface area contributed by atoms with Crippen molar-refractivity contribution in [2.24, 2.45) is 0 Å². The molecule has 4 nitrogen and oxygen atoms in total. The minimum Gasteiger partial charge on any atom is -0.487 e. The second-order valence-electron chi connectivity index (χ2n) is 4.76. The lowest BCUT2D eigenvalue weighted by Gasteiger charge is -2.07. The molecule has 2 aromatic carbocycles. The van der Waals surface area contributed by atoms with Gasteiger partial charge in [0.25, 0.3) is 5.91 Å². The Kier molecular flexibility index (Phi) is 4.90.